The van der Waals surface area contributed by atoms with E-state index in [2.05, 4.69) is 4.98 Å². The third-order valence-corrected chi connectivity index (χ3v) is 6.24. The van der Waals surface area contributed by atoms with Gasteiger partial charge in [0, 0.05) is 50.4 Å². The number of aromatic nitrogens is 2. The molecule has 9 nitrogen and oxygen atoms in total. The molecule has 2 aromatic rings. The summed E-state index contributed by atoms with van der Waals surface area (Å²) in [6.07, 6.45) is 3.47. The minimum absolute atomic E-state index is 0.00875. The van der Waals surface area contributed by atoms with Crippen LogP contribution in [-0.4, -0.2) is 69.9 Å². The van der Waals surface area contributed by atoms with Crippen LogP contribution in [0.4, 0.5) is 15.9 Å². The predicted octanol–water partition coefficient (Wildman–Crippen LogP) is 3.50. The molecule has 3 rings (SSSR count). The van der Waals surface area contributed by atoms with Gasteiger partial charge in [0.15, 0.2) is 11.6 Å². The number of carbonyl (C=O) groups excluding carboxylic acids is 2. The zero-order chi connectivity index (χ0) is 25.8. The minimum Gasteiger partial charge on any atom is -0.504 e. The Kier molecular flexibility index (Phi) is 8.26. The number of alkyl halides is 1. The molecule has 0 aliphatic carbocycles. The second kappa shape index (κ2) is 11.0. The molecule has 1 atom stereocenters. The van der Waals surface area contributed by atoms with Gasteiger partial charge in [-0.15, -0.1) is 0 Å². The van der Waals surface area contributed by atoms with Gasteiger partial charge in [-0.25, -0.2) is 9.37 Å². The Bertz CT molecular complexity index is 1120. The van der Waals surface area contributed by atoms with Gasteiger partial charge in [0.05, 0.1) is 18.1 Å². The van der Waals surface area contributed by atoms with Gasteiger partial charge in [0.1, 0.15) is 11.2 Å². The monoisotopic (exact) mass is 487 g/mol. The van der Waals surface area contributed by atoms with Crippen LogP contribution >= 0.6 is 0 Å². The number of anilines is 2. The van der Waals surface area contributed by atoms with Gasteiger partial charge < -0.3 is 19.6 Å². The minimum atomic E-state index is -1.26. The number of likely N-dealkylation sites (tertiary alicyclic amines) is 1. The van der Waals surface area contributed by atoms with E-state index in [9.17, 15) is 19.1 Å². The highest BCUT2D eigenvalue weighted by Crippen LogP contribution is 2.32. The highest BCUT2D eigenvalue weighted by Gasteiger charge is 2.32. The predicted molar refractivity (Wildman–Crippen MR) is 130 cm³/mol. The van der Waals surface area contributed by atoms with Crippen molar-refractivity contribution in [3.8, 4) is 5.75 Å². The second-order valence-corrected chi connectivity index (χ2v) is 9.06. The summed E-state index contributed by atoms with van der Waals surface area (Å²) in [5.74, 6) is -0.895. The zero-order valence-corrected chi connectivity index (χ0v) is 20.8. The van der Waals surface area contributed by atoms with Crippen molar-refractivity contribution in [2.75, 3.05) is 37.7 Å². The second-order valence-electron chi connectivity index (χ2n) is 9.06. The quantitative estimate of drug-likeness (QED) is 0.590. The molecule has 190 valence electrons. The molecule has 3 heterocycles. The van der Waals surface area contributed by atoms with Crippen LogP contribution < -0.4 is 10.4 Å². The lowest BCUT2D eigenvalue weighted by Gasteiger charge is -2.34. The van der Waals surface area contributed by atoms with Crippen molar-refractivity contribution in [2.24, 2.45) is 5.92 Å². The highest BCUT2D eigenvalue weighted by atomic mass is 19.1. The summed E-state index contributed by atoms with van der Waals surface area (Å²) in [5.41, 5.74) is -0.477. The van der Waals surface area contributed by atoms with Crippen molar-refractivity contribution in [3.05, 3.63) is 41.6 Å². The Hall–Kier alpha value is -3.27. The summed E-state index contributed by atoms with van der Waals surface area (Å²) < 4.78 is 20.6. The van der Waals surface area contributed by atoms with E-state index in [4.69, 9.17) is 10.1 Å². The van der Waals surface area contributed by atoms with E-state index in [1.54, 1.807) is 29.7 Å². The number of piperidine rings is 1. The molecule has 1 unspecified atom stereocenters. The lowest BCUT2D eigenvalue weighted by molar-refractivity contribution is 0.0503. The average Bonchev–Trinajstić information content (AvgIpc) is 2.83. The van der Waals surface area contributed by atoms with Crippen molar-refractivity contribution in [3.63, 3.8) is 0 Å². The SMILES string of the molecule is CCOCC(C)C(=O)n1ccc(N(CC)c2ncc(C(=O)N3CCC(C)(F)CC3)cc2O)cc1=N. The molecule has 0 saturated carbocycles. The van der Waals surface area contributed by atoms with Crippen molar-refractivity contribution in [1.82, 2.24) is 14.5 Å². The Balaban J connectivity index is 1.80. The molecule has 0 radical (unpaired) electrons. The van der Waals surface area contributed by atoms with Gasteiger partial charge in [-0.2, -0.15) is 0 Å². The molecule has 10 heteroatoms. The molecule has 0 bridgehead atoms. The average molecular weight is 488 g/mol. The van der Waals surface area contributed by atoms with E-state index >= 15 is 0 Å². The third kappa shape index (κ3) is 6.05. The van der Waals surface area contributed by atoms with Crippen LogP contribution in [0.15, 0.2) is 30.6 Å². The van der Waals surface area contributed by atoms with Gasteiger partial charge in [-0.1, -0.05) is 6.92 Å². The van der Waals surface area contributed by atoms with Gasteiger partial charge in [-0.3, -0.25) is 19.6 Å². The fourth-order valence-corrected chi connectivity index (χ4v) is 4.04. The summed E-state index contributed by atoms with van der Waals surface area (Å²) in [6.45, 7) is 8.85. The zero-order valence-electron chi connectivity index (χ0n) is 20.8. The van der Waals surface area contributed by atoms with Crippen molar-refractivity contribution >= 4 is 23.3 Å². The Morgan fingerprint density at radius 1 is 1.31 bits per heavy atom. The summed E-state index contributed by atoms with van der Waals surface area (Å²) >= 11 is 0. The molecular weight excluding hydrogens is 453 g/mol. The number of nitrogens with zero attached hydrogens (tertiary/aromatic N) is 4. The van der Waals surface area contributed by atoms with Gasteiger partial charge in [0.25, 0.3) is 5.91 Å². The maximum atomic E-state index is 14.1. The number of nitrogens with one attached hydrogen (secondary N) is 1. The van der Waals surface area contributed by atoms with E-state index < -0.39 is 11.6 Å². The first-order valence-electron chi connectivity index (χ1n) is 11.9. The van der Waals surface area contributed by atoms with Crippen LogP contribution in [0.25, 0.3) is 0 Å². The Labute approximate surface area is 204 Å². The van der Waals surface area contributed by atoms with Crippen LogP contribution in [0, 0.1) is 11.3 Å². The molecule has 1 saturated heterocycles. The summed E-state index contributed by atoms with van der Waals surface area (Å²) in [5, 5.41) is 19.0. The lowest BCUT2D eigenvalue weighted by atomic mass is 9.95. The number of halogens is 1. The van der Waals surface area contributed by atoms with E-state index in [0.29, 0.717) is 31.9 Å². The summed E-state index contributed by atoms with van der Waals surface area (Å²) in [6, 6.07) is 4.56. The normalized spacial score (nSPS) is 16.1. The maximum Gasteiger partial charge on any atom is 0.255 e. The number of pyridine rings is 2. The molecule has 0 aromatic carbocycles. The van der Waals surface area contributed by atoms with Crippen LogP contribution in [0.1, 0.15) is 55.7 Å². The number of ether oxygens (including phenoxy) is 1. The smallest absolute Gasteiger partial charge is 0.255 e. The molecule has 0 spiro atoms. The molecule has 1 aliphatic heterocycles. The fraction of sp³-hybridized carbons (Fsp3) is 0.520. The van der Waals surface area contributed by atoms with Gasteiger partial charge in [0.2, 0.25) is 5.91 Å². The van der Waals surface area contributed by atoms with E-state index in [1.165, 1.54) is 29.1 Å². The van der Waals surface area contributed by atoms with E-state index in [-0.39, 0.29) is 53.9 Å². The third-order valence-electron chi connectivity index (χ3n) is 6.24. The van der Waals surface area contributed by atoms with E-state index in [1.807, 2.05) is 13.8 Å². The largest absolute Gasteiger partial charge is 0.504 e. The fourth-order valence-electron chi connectivity index (χ4n) is 4.04. The lowest BCUT2D eigenvalue weighted by Crippen LogP contribution is -2.43. The highest BCUT2D eigenvalue weighted by molar-refractivity contribution is 5.95. The topological polar surface area (TPSA) is 112 Å². The molecule has 1 amide bonds. The first kappa shape index (κ1) is 26.3. The number of aromatic hydroxyl groups is 1. The number of rotatable bonds is 8. The first-order valence-corrected chi connectivity index (χ1v) is 11.9. The molecule has 2 aromatic heterocycles. The van der Waals surface area contributed by atoms with Crippen LogP contribution in [-0.2, 0) is 4.74 Å². The molecule has 1 aliphatic rings. The maximum absolute atomic E-state index is 14.1. The van der Waals surface area contributed by atoms with Gasteiger partial charge in [-0.05, 0) is 45.7 Å². The molecule has 2 N–H and O–H groups in total. The Morgan fingerprint density at radius 2 is 2.00 bits per heavy atom. The number of carbonyl (C=O) groups is 2. The van der Waals surface area contributed by atoms with Crippen LogP contribution in [0.2, 0.25) is 0 Å². The van der Waals surface area contributed by atoms with Crippen molar-refractivity contribution < 1.29 is 23.8 Å². The van der Waals surface area contributed by atoms with Gasteiger partial charge >= 0.3 is 0 Å². The van der Waals surface area contributed by atoms with E-state index in [0.717, 1.165) is 0 Å². The van der Waals surface area contributed by atoms with Crippen LogP contribution in [0.3, 0.4) is 0 Å². The van der Waals surface area contributed by atoms with Crippen LogP contribution in [0.5, 0.6) is 5.75 Å². The molecule has 1 fully saturated rings. The number of hydrogen-bond acceptors (Lipinski definition) is 7. The summed E-state index contributed by atoms with van der Waals surface area (Å²) in [7, 11) is 0. The standard InChI is InChI=1S/C25H34FN5O4/c1-5-30(19-7-10-31(21(27)14-19)23(33)17(3)16-35-6-2)22-20(32)13-18(15-28-22)24(34)29-11-8-25(4,26)9-12-29/h7,10,13-15,17,27,32H,5-6,8-9,11-12,16H2,1-4H3. The molecular formula is C25H34FN5O4. The number of hydrogen-bond donors (Lipinski definition) is 2. The first-order chi connectivity index (χ1) is 16.6. The number of amides is 1. The Morgan fingerprint density at radius 3 is 2.57 bits per heavy atom. The molecule has 35 heavy (non-hydrogen) atoms. The van der Waals surface area contributed by atoms with Crippen molar-refractivity contribution in [1.29, 1.82) is 5.41 Å². The summed E-state index contributed by atoms with van der Waals surface area (Å²) in [4.78, 5) is 33.1. The van der Waals surface area contributed by atoms with Crippen molar-refractivity contribution in [2.45, 2.75) is 46.2 Å².